The molecule has 3 heterocycles. The Balaban J connectivity index is 1.84. The number of methoxy groups -OCH3 is 1. The van der Waals surface area contributed by atoms with Crippen molar-refractivity contribution in [2.45, 2.75) is 6.92 Å². The molecule has 8 heteroatoms. The number of aromatic nitrogens is 4. The van der Waals surface area contributed by atoms with Crippen LogP contribution in [0.4, 0.5) is 5.69 Å². The summed E-state index contributed by atoms with van der Waals surface area (Å²) in [7, 11) is 1.65. The van der Waals surface area contributed by atoms with Gasteiger partial charge in [-0.1, -0.05) is 23.7 Å². The van der Waals surface area contributed by atoms with Crippen LogP contribution in [0.1, 0.15) is 5.69 Å². The van der Waals surface area contributed by atoms with E-state index in [4.69, 9.17) is 26.1 Å². The highest BCUT2D eigenvalue weighted by Crippen LogP contribution is 2.35. The highest BCUT2D eigenvalue weighted by Gasteiger charge is 2.21. The second-order valence-corrected chi connectivity index (χ2v) is 7.38. The molecule has 148 valence electrons. The average Bonchev–Trinajstić information content (AvgIpc) is 3.10. The second-order valence-electron chi connectivity index (χ2n) is 6.97. The van der Waals surface area contributed by atoms with Gasteiger partial charge in [-0.3, -0.25) is 4.40 Å². The van der Waals surface area contributed by atoms with Crippen LogP contribution in [0, 0.1) is 6.92 Å². The fourth-order valence-corrected chi connectivity index (χ4v) is 4.02. The molecule has 0 spiro atoms. The Kier molecular flexibility index (Phi) is 4.49. The van der Waals surface area contributed by atoms with Crippen molar-refractivity contribution in [1.29, 1.82) is 0 Å². The van der Waals surface area contributed by atoms with E-state index in [0.717, 1.165) is 41.4 Å². The smallest absolute Gasteiger partial charge is 0.183 e. The van der Waals surface area contributed by atoms with Crippen molar-refractivity contribution < 1.29 is 9.47 Å². The monoisotopic (exact) mass is 409 g/mol. The van der Waals surface area contributed by atoms with Crippen molar-refractivity contribution in [2.24, 2.45) is 0 Å². The Hall–Kier alpha value is -2.90. The lowest BCUT2D eigenvalue weighted by atomic mass is 10.2. The Morgan fingerprint density at radius 1 is 1.10 bits per heavy atom. The zero-order chi connectivity index (χ0) is 20.0. The predicted octanol–water partition coefficient (Wildman–Crippen LogP) is 3.75. The Morgan fingerprint density at radius 2 is 1.90 bits per heavy atom. The third-order valence-corrected chi connectivity index (χ3v) is 5.59. The first-order chi connectivity index (χ1) is 14.2. The lowest BCUT2D eigenvalue weighted by Gasteiger charge is -2.29. The lowest BCUT2D eigenvalue weighted by Crippen LogP contribution is -2.36. The lowest BCUT2D eigenvalue weighted by molar-refractivity contribution is 0.122. The molecule has 5 rings (SSSR count). The summed E-state index contributed by atoms with van der Waals surface area (Å²) in [5.41, 5.74) is 4.97. The van der Waals surface area contributed by atoms with Gasteiger partial charge in [0.15, 0.2) is 16.9 Å². The SMILES string of the molecule is COc1cc(N2CCOCC2)cc2c1nnc1c(C)nc(-c3ccccc3Cl)n12. The summed E-state index contributed by atoms with van der Waals surface area (Å²) < 4.78 is 13.2. The predicted molar refractivity (Wildman–Crippen MR) is 113 cm³/mol. The summed E-state index contributed by atoms with van der Waals surface area (Å²) >= 11 is 6.49. The highest BCUT2D eigenvalue weighted by molar-refractivity contribution is 6.33. The molecule has 2 aromatic carbocycles. The van der Waals surface area contributed by atoms with Crippen LogP contribution in [0.15, 0.2) is 36.4 Å². The number of rotatable bonds is 3. The van der Waals surface area contributed by atoms with Crippen LogP contribution >= 0.6 is 11.6 Å². The van der Waals surface area contributed by atoms with Crippen molar-refractivity contribution in [3.05, 3.63) is 47.1 Å². The summed E-state index contributed by atoms with van der Waals surface area (Å²) in [5.74, 6) is 1.42. The van der Waals surface area contributed by atoms with E-state index in [9.17, 15) is 0 Å². The van der Waals surface area contributed by atoms with Crippen LogP contribution in [-0.2, 0) is 4.74 Å². The van der Waals surface area contributed by atoms with Crippen molar-refractivity contribution in [2.75, 3.05) is 38.3 Å². The molecule has 1 aliphatic heterocycles. The van der Waals surface area contributed by atoms with Gasteiger partial charge >= 0.3 is 0 Å². The second kappa shape index (κ2) is 7.17. The number of benzene rings is 2. The molecule has 0 bridgehead atoms. The molecule has 0 unspecified atom stereocenters. The molecule has 0 N–H and O–H groups in total. The number of fused-ring (bicyclic) bond motifs is 3. The van der Waals surface area contributed by atoms with Crippen molar-refractivity contribution in [3.63, 3.8) is 0 Å². The van der Waals surface area contributed by atoms with Gasteiger partial charge in [0.25, 0.3) is 0 Å². The minimum atomic E-state index is 0.640. The van der Waals surface area contributed by atoms with Gasteiger partial charge in [-0.25, -0.2) is 4.98 Å². The largest absolute Gasteiger partial charge is 0.494 e. The zero-order valence-electron chi connectivity index (χ0n) is 16.2. The first-order valence-electron chi connectivity index (χ1n) is 9.48. The summed E-state index contributed by atoms with van der Waals surface area (Å²) in [6, 6.07) is 11.8. The molecule has 4 aromatic rings. The maximum absolute atomic E-state index is 6.49. The van der Waals surface area contributed by atoms with E-state index in [1.165, 1.54) is 0 Å². The summed E-state index contributed by atoms with van der Waals surface area (Å²) in [5, 5.41) is 9.51. The van der Waals surface area contributed by atoms with Crippen LogP contribution in [0.25, 0.3) is 28.1 Å². The molecule has 1 aliphatic rings. The van der Waals surface area contributed by atoms with Crippen LogP contribution < -0.4 is 9.64 Å². The molecule has 2 aromatic heterocycles. The molecular formula is C21H20ClN5O2. The molecule has 1 saturated heterocycles. The van der Waals surface area contributed by atoms with Gasteiger partial charge < -0.3 is 14.4 Å². The van der Waals surface area contributed by atoms with Crippen molar-refractivity contribution >= 4 is 34.0 Å². The number of imidazole rings is 1. The number of nitrogens with zero attached hydrogens (tertiary/aromatic N) is 5. The van der Waals surface area contributed by atoms with E-state index >= 15 is 0 Å². The molecule has 0 atom stereocenters. The summed E-state index contributed by atoms with van der Waals surface area (Å²) in [6.45, 7) is 5.01. The third kappa shape index (κ3) is 2.97. The fourth-order valence-electron chi connectivity index (χ4n) is 3.80. The Bertz CT molecular complexity index is 1220. The van der Waals surface area contributed by atoms with Crippen LogP contribution in [0.2, 0.25) is 5.02 Å². The van der Waals surface area contributed by atoms with E-state index in [2.05, 4.69) is 21.2 Å². The van der Waals surface area contributed by atoms with E-state index in [1.54, 1.807) is 7.11 Å². The van der Waals surface area contributed by atoms with E-state index in [1.807, 2.05) is 41.7 Å². The molecule has 0 saturated carbocycles. The van der Waals surface area contributed by atoms with Crippen LogP contribution in [0.3, 0.4) is 0 Å². The first kappa shape index (κ1) is 18.1. The number of morpholine rings is 1. The summed E-state index contributed by atoms with van der Waals surface area (Å²) in [4.78, 5) is 7.06. The topological polar surface area (TPSA) is 64.8 Å². The molecule has 7 nitrogen and oxygen atoms in total. The minimum absolute atomic E-state index is 0.640. The average molecular weight is 410 g/mol. The fraction of sp³-hybridized carbons (Fsp3) is 0.286. The van der Waals surface area contributed by atoms with E-state index in [0.29, 0.717) is 35.1 Å². The normalized spacial score (nSPS) is 14.7. The van der Waals surface area contributed by atoms with Gasteiger partial charge in [0.05, 0.1) is 36.6 Å². The van der Waals surface area contributed by atoms with Crippen LogP contribution in [0.5, 0.6) is 5.75 Å². The zero-order valence-corrected chi connectivity index (χ0v) is 17.0. The van der Waals surface area contributed by atoms with Gasteiger partial charge in [0, 0.05) is 30.4 Å². The summed E-state index contributed by atoms with van der Waals surface area (Å²) in [6.07, 6.45) is 0. The molecule has 29 heavy (non-hydrogen) atoms. The number of halogens is 1. The maximum Gasteiger partial charge on any atom is 0.183 e. The molecule has 0 amide bonds. The van der Waals surface area contributed by atoms with Gasteiger partial charge in [0.1, 0.15) is 5.82 Å². The van der Waals surface area contributed by atoms with Gasteiger partial charge in [-0.2, -0.15) is 0 Å². The number of hydrogen-bond donors (Lipinski definition) is 0. The van der Waals surface area contributed by atoms with E-state index < -0.39 is 0 Å². The van der Waals surface area contributed by atoms with Gasteiger partial charge in [-0.05, 0) is 25.1 Å². The van der Waals surface area contributed by atoms with Crippen LogP contribution in [-0.4, -0.2) is 53.0 Å². The third-order valence-electron chi connectivity index (χ3n) is 5.26. The van der Waals surface area contributed by atoms with E-state index in [-0.39, 0.29) is 0 Å². The Labute approximate surface area is 172 Å². The highest BCUT2D eigenvalue weighted by atomic mass is 35.5. The maximum atomic E-state index is 6.49. The standard InChI is InChI=1S/C21H20ClN5O2/c1-13-20-25-24-19-17(27(20)21(23-13)15-5-3-4-6-16(15)22)11-14(12-18(19)28-2)26-7-9-29-10-8-26/h3-6,11-12H,7-10H2,1-2H3. The van der Waals surface area contributed by atoms with Crippen molar-refractivity contribution in [1.82, 2.24) is 19.6 Å². The number of hydrogen-bond acceptors (Lipinski definition) is 6. The Morgan fingerprint density at radius 3 is 2.66 bits per heavy atom. The number of aryl methyl sites for hydroxylation is 1. The van der Waals surface area contributed by atoms with Gasteiger partial charge in [-0.15, -0.1) is 10.2 Å². The molecule has 0 radical (unpaired) electrons. The molecule has 0 aliphatic carbocycles. The number of anilines is 1. The first-order valence-corrected chi connectivity index (χ1v) is 9.86. The minimum Gasteiger partial charge on any atom is -0.494 e. The quantitative estimate of drug-likeness (QED) is 0.513. The van der Waals surface area contributed by atoms with Crippen molar-refractivity contribution in [3.8, 4) is 17.1 Å². The van der Waals surface area contributed by atoms with Gasteiger partial charge in [0.2, 0.25) is 0 Å². The number of ether oxygens (including phenoxy) is 2. The molecular weight excluding hydrogens is 390 g/mol. The molecule has 1 fully saturated rings.